The third kappa shape index (κ3) is 3.68. The number of rotatable bonds is 4. The second kappa shape index (κ2) is 5.36. The number of carbonyl (C=O) groups excluding carboxylic acids is 1. The molecule has 0 bridgehead atoms. The summed E-state index contributed by atoms with van der Waals surface area (Å²) < 4.78 is 0. The van der Waals surface area contributed by atoms with Crippen LogP contribution in [0.2, 0.25) is 0 Å². The Labute approximate surface area is 103 Å². The highest BCUT2D eigenvalue weighted by molar-refractivity contribution is 5.73. The molecule has 1 saturated carbocycles. The molecular formula is C13H24N2O2. The van der Waals surface area contributed by atoms with Gasteiger partial charge in [-0.25, -0.2) is 0 Å². The Morgan fingerprint density at radius 2 is 1.88 bits per heavy atom. The third-order valence-corrected chi connectivity index (χ3v) is 4.25. The largest absolute Gasteiger partial charge is 0.389 e. The van der Waals surface area contributed by atoms with Crippen LogP contribution >= 0.6 is 0 Å². The Hall–Kier alpha value is -0.610. The number of aliphatic hydroxyl groups is 1. The van der Waals surface area contributed by atoms with Gasteiger partial charge in [0.25, 0.3) is 0 Å². The van der Waals surface area contributed by atoms with Crippen LogP contribution in [0.5, 0.6) is 0 Å². The van der Waals surface area contributed by atoms with Gasteiger partial charge in [-0.3, -0.25) is 4.79 Å². The lowest BCUT2D eigenvalue weighted by molar-refractivity contribution is -0.119. The summed E-state index contributed by atoms with van der Waals surface area (Å²) >= 11 is 0. The summed E-state index contributed by atoms with van der Waals surface area (Å²) in [6.45, 7) is 2.82. The van der Waals surface area contributed by atoms with E-state index in [4.69, 9.17) is 5.73 Å². The zero-order chi connectivity index (χ0) is 12.3. The quantitative estimate of drug-likeness (QED) is 0.766. The number of nitrogens with two attached hydrogens (primary N) is 1. The van der Waals surface area contributed by atoms with Crippen molar-refractivity contribution >= 4 is 5.91 Å². The lowest BCUT2D eigenvalue weighted by Gasteiger charge is -2.36. The van der Waals surface area contributed by atoms with Gasteiger partial charge in [-0.05, 0) is 44.7 Å². The summed E-state index contributed by atoms with van der Waals surface area (Å²) in [7, 11) is 0. The van der Waals surface area contributed by atoms with E-state index in [-0.39, 0.29) is 5.91 Å². The number of hydrogen-bond acceptors (Lipinski definition) is 3. The molecule has 1 saturated heterocycles. The molecule has 0 aromatic carbocycles. The minimum Gasteiger partial charge on any atom is -0.389 e. The van der Waals surface area contributed by atoms with Crippen molar-refractivity contribution in [2.45, 2.75) is 50.5 Å². The molecule has 4 heteroatoms. The van der Waals surface area contributed by atoms with Gasteiger partial charge in [-0.1, -0.05) is 12.8 Å². The average Bonchev–Trinajstić information content (AvgIpc) is 2.67. The lowest BCUT2D eigenvalue weighted by atomic mass is 9.92. The Morgan fingerprint density at radius 1 is 1.29 bits per heavy atom. The van der Waals surface area contributed by atoms with Crippen molar-refractivity contribution in [1.82, 2.24) is 4.90 Å². The predicted octanol–water partition coefficient (Wildman–Crippen LogP) is 0.879. The number of nitrogens with zero attached hydrogens (tertiary/aromatic N) is 1. The van der Waals surface area contributed by atoms with Crippen molar-refractivity contribution in [2.75, 3.05) is 19.6 Å². The zero-order valence-corrected chi connectivity index (χ0v) is 10.5. The Bertz CT molecular complexity index is 267. The van der Waals surface area contributed by atoms with Crippen LogP contribution in [0.4, 0.5) is 0 Å². The summed E-state index contributed by atoms with van der Waals surface area (Å²) in [5.74, 6) is 0.278. The molecule has 4 nitrogen and oxygen atoms in total. The first-order chi connectivity index (χ1) is 8.07. The standard InChI is InChI=1S/C13H24N2O2/c14-12(16)9-11-3-7-15(8-4-11)10-13(17)5-1-2-6-13/h11,17H,1-10H2,(H2,14,16). The van der Waals surface area contributed by atoms with Gasteiger partial charge in [0, 0.05) is 13.0 Å². The molecule has 0 spiro atoms. The zero-order valence-electron chi connectivity index (χ0n) is 10.5. The molecule has 2 fully saturated rings. The molecule has 17 heavy (non-hydrogen) atoms. The fourth-order valence-corrected chi connectivity index (χ4v) is 3.24. The molecule has 0 aromatic heterocycles. The first kappa shape index (κ1) is 12.8. The molecule has 1 aliphatic heterocycles. The maximum atomic E-state index is 10.8. The molecule has 2 aliphatic rings. The van der Waals surface area contributed by atoms with Crippen molar-refractivity contribution < 1.29 is 9.90 Å². The fourth-order valence-electron chi connectivity index (χ4n) is 3.24. The highest BCUT2D eigenvalue weighted by atomic mass is 16.3. The Balaban J connectivity index is 1.73. The normalized spacial score (nSPS) is 26.2. The topological polar surface area (TPSA) is 66.6 Å². The van der Waals surface area contributed by atoms with Gasteiger partial charge in [0.2, 0.25) is 5.91 Å². The summed E-state index contributed by atoms with van der Waals surface area (Å²) in [5.41, 5.74) is 4.78. The van der Waals surface area contributed by atoms with Crippen LogP contribution in [-0.4, -0.2) is 41.1 Å². The average molecular weight is 240 g/mol. The lowest BCUT2D eigenvalue weighted by Crippen LogP contribution is -2.45. The van der Waals surface area contributed by atoms with E-state index in [1.807, 2.05) is 0 Å². The smallest absolute Gasteiger partial charge is 0.217 e. The maximum Gasteiger partial charge on any atom is 0.217 e. The van der Waals surface area contributed by atoms with E-state index in [9.17, 15) is 9.90 Å². The van der Waals surface area contributed by atoms with Gasteiger partial charge in [0.15, 0.2) is 0 Å². The van der Waals surface area contributed by atoms with Gasteiger partial charge < -0.3 is 15.7 Å². The van der Waals surface area contributed by atoms with Crippen LogP contribution in [0, 0.1) is 5.92 Å². The summed E-state index contributed by atoms with van der Waals surface area (Å²) in [6, 6.07) is 0. The van der Waals surface area contributed by atoms with E-state index in [2.05, 4.69) is 4.90 Å². The van der Waals surface area contributed by atoms with Crippen LogP contribution in [0.25, 0.3) is 0 Å². The number of primary amides is 1. The number of β-amino-alcohol motifs (C(OH)–C–C–N with tert-alkyl or cyclic N) is 1. The fraction of sp³-hybridized carbons (Fsp3) is 0.923. The second-order valence-corrected chi connectivity index (χ2v) is 5.82. The van der Waals surface area contributed by atoms with E-state index in [1.165, 1.54) is 0 Å². The number of hydrogen-bond donors (Lipinski definition) is 2. The number of likely N-dealkylation sites (tertiary alicyclic amines) is 1. The maximum absolute atomic E-state index is 10.8. The van der Waals surface area contributed by atoms with Gasteiger partial charge in [0.1, 0.15) is 0 Å². The van der Waals surface area contributed by atoms with Crippen LogP contribution in [0.1, 0.15) is 44.9 Å². The number of carbonyl (C=O) groups is 1. The summed E-state index contributed by atoms with van der Waals surface area (Å²) in [5, 5.41) is 10.3. The van der Waals surface area contributed by atoms with Crippen LogP contribution in [0.15, 0.2) is 0 Å². The van der Waals surface area contributed by atoms with E-state index >= 15 is 0 Å². The predicted molar refractivity (Wildman–Crippen MR) is 66.4 cm³/mol. The first-order valence-electron chi connectivity index (χ1n) is 6.80. The van der Waals surface area contributed by atoms with Gasteiger partial charge in [-0.2, -0.15) is 0 Å². The highest BCUT2D eigenvalue weighted by Crippen LogP contribution is 2.31. The Morgan fingerprint density at radius 3 is 2.41 bits per heavy atom. The minimum atomic E-state index is -0.434. The van der Waals surface area contributed by atoms with Crippen molar-refractivity contribution in [3.05, 3.63) is 0 Å². The van der Waals surface area contributed by atoms with Gasteiger partial charge >= 0.3 is 0 Å². The number of amides is 1. The van der Waals surface area contributed by atoms with E-state index in [0.29, 0.717) is 12.3 Å². The third-order valence-electron chi connectivity index (χ3n) is 4.25. The van der Waals surface area contributed by atoms with Crippen LogP contribution in [-0.2, 0) is 4.79 Å². The summed E-state index contributed by atoms with van der Waals surface area (Å²) in [6.07, 6.45) is 6.84. The van der Waals surface area contributed by atoms with E-state index in [0.717, 1.165) is 58.2 Å². The van der Waals surface area contributed by atoms with E-state index in [1.54, 1.807) is 0 Å². The molecule has 0 atom stereocenters. The van der Waals surface area contributed by atoms with Crippen molar-refractivity contribution in [1.29, 1.82) is 0 Å². The van der Waals surface area contributed by atoms with Crippen molar-refractivity contribution in [2.24, 2.45) is 11.7 Å². The van der Waals surface area contributed by atoms with Gasteiger partial charge in [-0.15, -0.1) is 0 Å². The van der Waals surface area contributed by atoms with Crippen molar-refractivity contribution in [3.63, 3.8) is 0 Å². The van der Waals surface area contributed by atoms with E-state index < -0.39 is 5.60 Å². The molecule has 2 rings (SSSR count). The molecule has 1 heterocycles. The molecule has 98 valence electrons. The molecule has 1 amide bonds. The molecule has 0 radical (unpaired) electrons. The molecular weight excluding hydrogens is 216 g/mol. The SMILES string of the molecule is NC(=O)CC1CCN(CC2(O)CCCC2)CC1. The van der Waals surface area contributed by atoms with Crippen LogP contribution in [0.3, 0.4) is 0 Å². The van der Waals surface area contributed by atoms with Crippen molar-refractivity contribution in [3.8, 4) is 0 Å². The minimum absolute atomic E-state index is 0.183. The molecule has 0 unspecified atom stereocenters. The molecule has 3 N–H and O–H groups in total. The monoisotopic (exact) mass is 240 g/mol. The van der Waals surface area contributed by atoms with Crippen LogP contribution < -0.4 is 5.73 Å². The molecule has 0 aromatic rings. The first-order valence-corrected chi connectivity index (χ1v) is 6.80. The second-order valence-electron chi connectivity index (χ2n) is 5.82. The van der Waals surface area contributed by atoms with Gasteiger partial charge in [0.05, 0.1) is 5.60 Å². The summed E-state index contributed by atoms with van der Waals surface area (Å²) in [4.78, 5) is 13.2. The molecule has 1 aliphatic carbocycles. The number of piperidine rings is 1. The highest BCUT2D eigenvalue weighted by Gasteiger charge is 2.34. The Kier molecular flexibility index (Phi) is 4.05.